The van der Waals surface area contributed by atoms with Gasteiger partial charge in [0.05, 0.1) is 6.10 Å². The first-order valence-electron chi connectivity index (χ1n) is 6.93. The lowest BCUT2D eigenvalue weighted by Crippen LogP contribution is -2.49. The normalized spacial score (nSPS) is 20.0. The lowest BCUT2D eigenvalue weighted by Gasteiger charge is -2.40. The topological polar surface area (TPSA) is 53.7 Å². The van der Waals surface area contributed by atoms with E-state index in [2.05, 4.69) is 33.9 Å². The molecular weight excluding hydrogens is 270 g/mol. The fourth-order valence-electron chi connectivity index (χ4n) is 2.32. The van der Waals surface area contributed by atoms with Crippen LogP contribution in [-0.2, 0) is 4.43 Å². The highest BCUT2D eigenvalue weighted by Gasteiger charge is 2.38. The SMILES string of the molecule is C[Si](C)OC(C1COc2ccc(N)cc2O1)C(C)(C)C. The van der Waals surface area contributed by atoms with Crippen molar-refractivity contribution in [1.29, 1.82) is 0 Å². The molecule has 1 aromatic carbocycles. The van der Waals surface area contributed by atoms with Crippen molar-refractivity contribution in [2.75, 3.05) is 12.3 Å². The molecule has 1 radical (unpaired) electrons. The molecule has 0 spiro atoms. The average molecular weight is 294 g/mol. The summed E-state index contributed by atoms with van der Waals surface area (Å²) in [6, 6.07) is 5.48. The smallest absolute Gasteiger partial charge is 0.205 e. The van der Waals surface area contributed by atoms with Crippen LogP contribution in [0.5, 0.6) is 11.5 Å². The van der Waals surface area contributed by atoms with Gasteiger partial charge in [-0.3, -0.25) is 0 Å². The molecular formula is C15H24NO3Si. The van der Waals surface area contributed by atoms with Gasteiger partial charge in [-0.1, -0.05) is 20.8 Å². The molecule has 2 rings (SSSR count). The molecule has 0 aromatic heterocycles. The van der Waals surface area contributed by atoms with Crippen LogP contribution in [0.4, 0.5) is 5.69 Å². The lowest BCUT2D eigenvalue weighted by atomic mass is 9.86. The number of benzene rings is 1. The van der Waals surface area contributed by atoms with Crippen LogP contribution in [0.25, 0.3) is 0 Å². The maximum Gasteiger partial charge on any atom is 0.205 e. The second-order valence-electron chi connectivity index (χ2n) is 6.49. The maximum atomic E-state index is 6.17. The highest BCUT2D eigenvalue weighted by Crippen LogP contribution is 2.37. The molecule has 1 aliphatic rings. The van der Waals surface area contributed by atoms with Crippen LogP contribution in [0, 0.1) is 5.41 Å². The van der Waals surface area contributed by atoms with Gasteiger partial charge in [0, 0.05) is 11.8 Å². The van der Waals surface area contributed by atoms with E-state index in [0.717, 1.165) is 5.75 Å². The number of rotatable bonds is 3. The van der Waals surface area contributed by atoms with Crippen molar-refractivity contribution in [3.05, 3.63) is 18.2 Å². The van der Waals surface area contributed by atoms with Crippen LogP contribution in [0.15, 0.2) is 18.2 Å². The third-order valence-corrected chi connectivity index (χ3v) is 3.93. The van der Waals surface area contributed by atoms with Crippen LogP contribution >= 0.6 is 0 Å². The van der Waals surface area contributed by atoms with Crippen LogP contribution in [0.2, 0.25) is 13.1 Å². The number of anilines is 1. The van der Waals surface area contributed by atoms with E-state index in [1.807, 2.05) is 18.2 Å². The Morgan fingerprint density at radius 2 is 2.00 bits per heavy atom. The monoisotopic (exact) mass is 294 g/mol. The zero-order valence-corrected chi connectivity index (χ0v) is 13.9. The Labute approximate surface area is 122 Å². The first-order chi connectivity index (χ1) is 9.27. The van der Waals surface area contributed by atoms with E-state index in [0.29, 0.717) is 18.0 Å². The Morgan fingerprint density at radius 1 is 1.30 bits per heavy atom. The van der Waals surface area contributed by atoms with Crippen molar-refractivity contribution in [2.24, 2.45) is 5.41 Å². The van der Waals surface area contributed by atoms with Crippen molar-refractivity contribution in [3.8, 4) is 11.5 Å². The fourth-order valence-corrected chi connectivity index (χ4v) is 3.33. The van der Waals surface area contributed by atoms with Gasteiger partial charge in [-0.25, -0.2) is 0 Å². The van der Waals surface area contributed by atoms with Gasteiger partial charge >= 0.3 is 0 Å². The third-order valence-electron chi connectivity index (χ3n) is 3.20. The molecule has 111 valence electrons. The number of hydrogen-bond acceptors (Lipinski definition) is 4. The zero-order valence-electron chi connectivity index (χ0n) is 12.9. The highest BCUT2D eigenvalue weighted by atomic mass is 28.3. The van der Waals surface area contributed by atoms with Crippen LogP contribution in [-0.4, -0.2) is 27.9 Å². The molecule has 0 fully saturated rings. The van der Waals surface area contributed by atoms with Crippen molar-refractivity contribution < 1.29 is 13.9 Å². The molecule has 0 aliphatic carbocycles. The molecule has 20 heavy (non-hydrogen) atoms. The predicted octanol–water partition coefficient (Wildman–Crippen LogP) is 3.09. The minimum atomic E-state index is -0.809. The minimum Gasteiger partial charge on any atom is -0.486 e. The van der Waals surface area contributed by atoms with Gasteiger partial charge in [-0.2, -0.15) is 0 Å². The van der Waals surface area contributed by atoms with E-state index in [4.69, 9.17) is 19.6 Å². The van der Waals surface area contributed by atoms with E-state index >= 15 is 0 Å². The summed E-state index contributed by atoms with van der Waals surface area (Å²) in [5, 5.41) is 0. The molecule has 1 aliphatic heterocycles. The molecule has 0 saturated carbocycles. The number of nitrogens with two attached hydrogens (primary N) is 1. The summed E-state index contributed by atoms with van der Waals surface area (Å²) in [5.41, 5.74) is 6.48. The van der Waals surface area contributed by atoms with Gasteiger partial charge in [0.25, 0.3) is 0 Å². The summed E-state index contributed by atoms with van der Waals surface area (Å²) >= 11 is 0. The molecule has 0 amide bonds. The number of fused-ring (bicyclic) bond motifs is 1. The zero-order chi connectivity index (χ0) is 14.9. The minimum absolute atomic E-state index is 0.000898. The summed E-state index contributed by atoms with van der Waals surface area (Å²) in [7, 11) is -0.809. The Kier molecular flexibility index (Phi) is 4.30. The molecule has 1 aromatic rings. The van der Waals surface area contributed by atoms with Gasteiger partial charge in [0.1, 0.15) is 6.61 Å². The second-order valence-corrected chi connectivity index (χ2v) is 8.54. The Morgan fingerprint density at radius 3 is 2.60 bits per heavy atom. The van der Waals surface area contributed by atoms with E-state index in [9.17, 15) is 0 Å². The maximum absolute atomic E-state index is 6.17. The van der Waals surface area contributed by atoms with Crippen molar-refractivity contribution >= 4 is 14.7 Å². The van der Waals surface area contributed by atoms with Gasteiger partial charge in [0.15, 0.2) is 17.6 Å². The second kappa shape index (κ2) is 5.66. The number of hydrogen-bond donors (Lipinski definition) is 1. The Balaban J connectivity index is 2.20. The fraction of sp³-hybridized carbons (Fsp3) is 0.600. The average Bonchev–Trinajstić information content (AvgIpc) is 2.33. The summed E-state index contributed by atoms with van der Waals surface area (Å²) < 4.78 is 18.1. The standard InChI is InChI=1S/C15H24NO3Si/c1-15(2,3)14(19-20(4)5)13-9-17-11-7-6-10(16)8-12(11)18-13/h6-8,13-14H,9,16H2,1-5H3. The van der Waals surface area contributed by atoms with E-state index < -0.39 is 9.04 Å². The van der Waals surface area contributed by atoms with Gasteiger partial charge in [-0.15, -0.1) is 0 Å². The van der Waals surface area contributed by atoms with Crippen molar-refractivity contribution in [3.63, 3.8) is 0 Å². The Hall–Kier alpha value is -1.20. The van der Waals surface area contributed by atoms with Gasteiger partial charge in [0.2, 0.25) is 9.04 Å². The van der Waals surface area contributed by atoms with Crippen molar-refractivity contribution in [2.45, 2.75) is 46.1 Å². The van der Waals surface area contributed by atoms with E-state index in [1.165, 1.54) is 0 Å². The predicted molar refractivity (Wildman–Crippen MR) is 82.6 cm³/mol. The molecule has 2 N–H and O–H groups in total. The number of nitrogen functional groups attached to an aromatic ring is 1. The summed E-state index contributed by atoms with van der Waals surface area (Å²) in [6.07, 6.45) is -0.106. The van der Waals surface area contributed by atoms with E-state index in [-0.39, 0.29) is 17.6 Å². The molecule has 2 atom stereocenters. The van der Waals surface area contributed by atoms with Crippen LogP contribution in [0.1, 0.15) is 20.8 Å². The van der Waals surface area contributed by atoms with Crippen LogP contribution < -0.4 is 15.2 Å². The van der Waals surface area contributed by atoms with Crippen molar-refractivity contribution in [1.82, 2.24) is 0 Å². The molecule has 2 unspecified atom stereocenters. The van der Waals surface area contributed by atoms with Crippen LogP contribution in [0.3, 0.4) is 0 Å². The first kappa shape index (κ1) is 15.2. The first-order valence-corrected chi connectivity index (χ1v) is 9.34. The summed E-state index contributed by atoms with van der Waals surface area (Å²) in [6.45, 7) is 11.3. The van der Waals surface area contributed by atoms with Gasteiger partial charge in [-0.05, 0) is 30.6 Å². The van der Waals surface area contributed by atoms with Gasteiger partial charge < -0.3 is 19.6 Å². The quantitative estimate of drug-likeness (QED) is 0.687. The van der Waals surface area contributed by atoms with E-state index in [1.54, 1.807) is 0 Å². The highest BCUT2D eigenvalue weighted by molar-refractivity contribution is 6.48. The third kappa shape index (κ3) is 3.46. The lowest BCUT2D eigenvalue weighted by molar-refractivity contribution is -0.0473. The summed E-state index contributed by atoms with van der Waals surface area (Å²) in [4.78, 5) is 0. The number of ether oxygens (including phenoxy) is 2. The molecule has 5 heteroatoms. The Bertz CT molecular complexity index is 471. The largest absolute Gasteiger partial charge is 0.486 e. The summed E-state index contributed by atoms with van der Waals surface area (Å²) in [5.74, 6) is 1.46. The molecule has 0 bridgehead atoms. The molecule has 0 saturated heterocycles. The molecule has 4 nitrogen and oxygen atoms in total. The molecule has 1 heterocycles.